The molecule has 0 unspecified atom stereocenters. The Morgan fingerprint density at radius 1 is 1.16 bits per heavy atom. The average molecular weight is 275 g/mol. The van der Waals surface area contributed by atoms with Crippen molar-refractivity contribution in [2.24, 2.45) is 0 Å². The van der Waals surface area contributed by atoms with E-state index in [0.717, 1.165) is 0 Å². The number of carboxylic acid groups (broad SMARTS) is 1. The van der Waals surface area contributed by atoms with Gasteiger partial charge in [-0.2, -0.15) is 0 Å². The monoisotopic (exact) mass is 275 g/mol. The molecule has 0 fully saturated rings. The Labute approximate surface area is 112 Å². The third kappa shape index (κ3) is 9.01. The molecule has 1 atom stereocenters. The van der Waals surface area contributed by atoms with Gasteiger partial charge in [-0.05, 0) is 20.3 Å². The first-order valence-corrected chi connectivity index (χ1v) is 6.26. The fourth-order valence-electron chi connectivity index (χ4n) is 1.33. The number of aliphatic carboxylic acids is 1. The molecule has 0 aliphatic carbocycles. The zero-order valence-corrected chi connectivity index (χ0v) is 11.3. The van der Waals surface area contributed by atoms with Crippen molar-refractivity contribution in [3.63, 3.8) is 0 Å². The number of hydrogen-bond acceptors (Lipinski definition) is 5. The summed E-state index contributed by atoms with van der Waals surface area (Å²) < 4.78 is 9.69. The molecule has 0 saturated carbocycles. The van der Waals surface area contributed by atoms with Gasteiger partial charge in [-0.1, -0.05) is 0 Å². The van der Waals surface area contributed by atoms with Crippen LogP contribution >= 0.6 is 0 Å². The van der Waals surface area contributed by atoms with Crippen LogP contribution in [0, 0.1) is 0 Å². The molecule has 0 heterocycles. The molecule has 0 saturated heterocycles. The van der Waals surface area contributed by atoms with Crippen molar-refractivity contribution < 1.29 is 29.0 Å². The van der Waals surface area contributed by atoms with Crippen molar-refractivity contribution in [2.45, 2.75) is 39.2 Å². The van der Waals surface area contributed by atoms with E-state index < -0.39 is 23.9 Å². The average Bonchev–Trinajstić information content (AvgIpc) is 2.34. The van der Waals surface area contributed by atoms with Crippen molar-refractivity contribution in [2.75, 3.05) is 19.8 Å². The van der Waals surface area contributed by atoms with Crippen LogP contribution in [-0.2, 0) is 23.9 Å². The minimum atomic E-state index is -1.17. The summed E-state index contributed by atoms with van der Waals surface area (Å²) in [5.74, 6) is -2.06. The van der Waals surface area contributed by atoms with Gasteiger partial charge in [0.25, 0.3) is 0 Å². The highest BCUT2D eigenvalue weighted by Crippen LogP contribution is 2.01. The number of amides is 1. The van der Waals surface area contributed by atoms with Crippen LogP contribution in [0.5, 0.6) is 0 Å². The molecule has 0 rings (SSSR count). The minimum absolute atomic E-state index is 0.00847. The maximum Gasteiger partial charge on any atom is 0.326 e. The summed E-state index contributed by atoms with van der Waals surface area (Å²) in [7, 11) is 0. The van der Waals surface area contributed by atoms with Crippen LogP contribution in [0.4, 0.5) is 0 Å². The number of carbonyl (C=O) groups excluding carboxylic acids is 2. The number of nitrogens with one attached hydrogen (secondary N) is 1. The Hall–Kier alpha value is -1.63. The van der Waals surface area contributed by atoms with Crippen LogP contribution in [0.1, 0.15) is 33.1 Å². The number of carboxylic acids is 1. The van der Waals surface area contributed by atoms with Gasteiger partial charge < -0.3 is 19.9 Å². The summed E-state index contributed by atoms with van der Waals surface area (Å²) in [5, 5.41) is 11.3. The van der Waals surface area contributed by atoms with E-state index in [1.165, 1.54) is 0 Å². The second kappa shape index (κ2) is 10.3. The summed E-state index contributed by atoms with van der Waals surface area (Å²) >= 11 is 0. The highest BCUT2D eigenvalue weighted by molar-refractivity contribution is 5.84. The first-order valence-electron chi connectivity index (χ1n) is 6.26. The maximum atomic E-state index is 11.4. The fraction of sp³-hybridized carbons (Fsp3) is 0.750. The molecule has 1 amide bonds. The smallest absolute Gasteiger partial charge is 0.326 e. The molecule has 0 aliphatic rings. The molecule has 7 nitrogen and oxygen atoms in total. The van der Waals surface area contributed by atoms with E-state index in [9.17, 15) is 14.4 Å². The zero-order chi connectivity index (χ0) is 14.7. The highest BCUT2D eigenvalue weighted by atomic mass is 16.5. The van der Waals surface area contributed by atoms with E-state index in [1.807, 2.05) is 0 Å². The van der Waals surface area contributed by atoms with Gasteiger partial charge in [0.15, 0.2) is 0 Å². The molecule has 0 spiro atoms. The Morgan fingerprint density at radius 3 is 2.37 bits per heavy atom. The second-order valence-electron chi connectivity index (χ2n) is 3.75. The number of esters is 1. The topological polar surface area (TPSA) is 102 Å². The Kier molecular flexibility index (Phi) is 9.42. The van der Waals surface area contributed by atoms with Crippen molar-refractivity contribution in [1.82, 2.24) is 5.32 Å². The van der Waals surface area contributed by atoms with Crippen LogP contribution < -0.4 is 5.32 Å². The molecule has 0 aromatic heterocycles. The van der Waals surface area contributed by atoms with Crippen LogP contribution in [0.2, 0.25) is 0 Å². The molecule has 0 aromatic rings. The summed E-state index contributed by atoms with van der Waals surface area (Å²) in [6, 6.07) is -1.08. The lowest BCUT2D eigenvalue weighted by Gasteiger charge is -2.14. The van der Waals surface area contributed by atoms with Gasteiger partial charge in [-0.15, -0.1) is 0 Å². The summed E-state index contributed by atoms with van der Waals surface area (Å²) in [5.41, 5.74) is 0. The van der Waals surface area contributed by atoms with E-state index in [0.29, 0.717) is 6.61 Å². The summed E-state index contributed by atoms with van der Waals surface area (Å²) in [6.07, 6.45) is 0.0577. The summed E-state index contributed by atoms with van der Waals surface area (Å²) in [6.45, 7) is 4.46. The maximum absolute atomic E-state index is 11.4. The molecule has 110 valence electrons. The number of rotatable bonds is 10. The van der Waals surface area contributed by atoms with Gasteiger partial charge in [0.1, 0.15) is 6.04 Å². The van der Waals surface area contributed by atoms with Gasteiger partial charge in [0.2, 0.25) is 5.91 Å². The molecule has 0 bridgehead atoms. The number of ether oxygens (including phenoxy) is 2. The predicted octanol–water partition coefficient (Wildman–Crippen LogP) is 0.326. The lowest BCUT2D eigenvalue weighted by Crippen LogP contribution is -2.41. The van der Waals surface area contributed by atoms with Gasteiger partial charge in [0, 0.05) is 19.4 Å². The molecule has 0 radical (unpaired) electrons. The van der Waals surface area contributed by atoms with E-state index >= 15 is 0 Å². The molecular weight excluding hydrogens is 254 g/mol. The van der Waals surface area contributed by atoms with Gasteiger partial charge in [0.05, 0.1) is 13.2 Å². The SMILES string of the molecule is CCOCCC(=O)N[C@@H](CCC(=O)OCC)C(=O)O. The second-order valence-corrected chi connectivity index (χ2v) is 3.75. The van der Waals surface area contributed by atoms with E-state index in [4.69, 9.17) is 14.6 Å². The van der Waals surface area contributed by atoms with Crippen LogP contribution in [0.15, 0.2) is 0 Å². The number of carbonyl (C=O) groups is 3. The number of hydrogen-bond donors (Lipinski definition) is 2. The molecule has 0 aromatic carbocycles. The van der Waals surface area contributed by atoms with E-state index in [1.54, 1.807) is 13.8 Å². The molecule has 7 heteroatoms. The third-order valence-electron chi connectivity index (χ3n) is 2.25. The minimum Gasteiger partial charge on any atom is -0.480 e. The van der Waals surface area contributed by atoms with Crippen LogP contribution in [-0.4, -0.2) is 48.8 Å². The van der Waals surface area contributed by atoms with Gasteiger partial charge in [-0.25, -0.2) is 4.79 Å². The lowest BCUT2D eigenvalue weighted by atomic mass is 10.1. The Bertz CT molecular complexity index is 305. The van der Waals surface area contributed by atoms with Crippen LogP contribution in [0.3, 0.4) is 0 Å². The first kappa shape index (κ1) is 17.4. The zero-order valence-electron chi connectivity index (χ0n) is 11.3. The normalized spacial score (nSPS) is 11.7. The Balaban J connectivity index is 4.08. The van der Waals surface area contributed by atoms with Gasteiger partial charge in [-0.3, -0.25) is 9.59 Å². The fourth-order valence-corrected chi connectivity index (χ4v) is 1.33. The van der Waals surface area contributed by atoms with Crippen LogP contribution in [0.25, 0.3) is 0 Å². The van der Waals surface area contributed by atoms with Crippen molar-refractivity contribution >= 4 is 17.8 Å². The van der Waals surface area contributed by atoms with Crippen molar-refractivity contribution in [3.05, 3.63) is 0 Å². The van der Waals surface area contributed by atoms with E-state index in [2.05, 4.69) is 5.32 Å². The van der Waals surface area contributed by atoms with Gasteiger partial charge >= 0.3 is 11.9 Å². The lowest BCUT2D eigenvalue weighted by molar-refractivity contribution is -0.145. The quantitative estimate of drug-likeness (QED) is 0.440. The largest absolute Gasteiger partial charge is 0.480 e. The Morgan fingerprint density at radius 2 is 1.84 bits per heavy atom. The molecule has 2 N–H and O–H groups in total. The molecule has 0 aliphatic heterocycles. The molecule has 19 heavy (non-hydrogen) atoms. The molecular formula is C12H21NO6. The van der Waals surface area contributed by atoms with Crippen molar-refractivity contribution in [3.8, 4) is 0 Å². The highest BCUT2D eigenvalue weighted by Gasteiger charge is 2.21. The first-order chi connectivity index (χ1) is 9.01. The summed E-state index contributed by atoms with van der Waals surface area (Å²) in [4.78, 5) is 33.5. The third-order valence-corrected chi connectivity index (χ3v) is 2.25. The standard InChI is InChI=1S/C12H21NO6/c1-3-18-8-7-10(14)13-9(12(16)17)5-6-11(15)19-4-2/h9H,3-8H2,1-2H3,(H,13,14)(H,16,17)/t9-/m0/s1. The van der Waals surface area contributed by atoms with E-state index in [-0.39, 0.29) is 32.5 Å². The predicted molar refractivity (Wildman–Crippen MR) is 66.5 cm³/mol. The van der Waals surface area contributed by atoms with Crippen molar-refractivity contribution in [1.29, 1.82) is 0 Å².